The Balaban J connectivity index is 2.47. The molecule has 0 fully saturated rings. The van der Waals surface area contributed by atoms with Crippen LogP contribution in [0.25, 0.3) is 6.08 Å². The Bertz CT molecular complexity index is 341. The number of hydrogen-bond acceptors (Lipinski definition) is 3. The van der Waals surface area contributed by atoms with Gasteiger partial charge in [-0.15, -0.1) is 0 Å². The van der Waals surface area contributed by atoms with Gasteiger partial charge in [0.05, 0.1) is 18.9 Å². The molecule has 1 amide bonds. The Morgan fingerprint density at radius 2 is 2.38 bits per heavy atom. The van der Waals surface area contributed by atoms with Gasteiger partial charge in [0.15, 0.2) is 0 Å². The third-order valence-electron chi connectivity index (χ3n) is 2.27. The molecule has 0 aliphatic heterocycles. The lowest BCUT2D eigenvalue weighted by molar-refractivity contribution is -0.117. The maximum atomic E-state index is 11.5. The van der Waals surface area contributed by atoms with E-state index in [0.717, 1.165) is 0 Å². The van der Waals surface area contributed by atoms with E-state index in [-0.39, 0.29) is 24.5 Å². The fourth-order valence-electron chi connectivity index (χ4n) is 1.20. The highest BCUT2D eigenvalue weighted by molar-refractivity contribution is 5.91. The molecule has 0 spiro atoms. The predicted octanol–water partition coefficient (Wildman–Crippen LogP) is 1.43. The Kier molecular flexibility index (Phi) is 4.79. The van der Waals surface area contributed by atoms with E-state index in [1.165, 1.54) is 6.08 Å². The van der Waals surface area contributed by atoms with Gasteiger partial charge >= 0.3 is 0 Å². The van der Waals surface area contributed by atoms with Gasteiger partial charge in [-0.2, -0.15) is 0 Å². The van der Waals surface area contributed by atoms with E-state index in [1.807, 2.05) is 13.8 Å². The molecular weight excluding hydrogens is 206 g/mol. The fourth-order valence-corrected chi connectivity index (χ4v) is 1.20. The van der Waals surface area contributed by atoms with Crippen LogP contribution in [0.5, 0.6) is 0 Å². The summed E-state index contributed by atoms with van der Waals surface area (Å²) in [5.74, 6) is 0.593. The lowest BCUT2D eigenvalue weighted by Crippen LogP contribution is -2.40. The highest BCUT2D eigenvalue weighted by Gasteiger charge is 2.13. The van der Waals surface area contributed by atoms with E-state index >= 15 is 0 Å². The normalized spacial score (nSPS) is 13.2. The van der Waals surface area contributed by atoms with E-state index in [4.69, 9.17) is 9.52 Å². The van der Waals surface area contributed by atoms with Gasteiger partial charge in [0.1, 0.15) is 5.76 Å². The maximum absolute atomic E-state index is 11.5. The number of hydrogen-bond donors (Lipinski definition) is 2. The molecule has 4 nitrogen and oxygen atoms in total. The van der Waals surface area contributed by atoms with Crippen molar-refractivity contribution in [3.05, 3.63) is 30.2 Å². The largest absolute Gasteiger partial charge is 0.465 e. The van der Waals surface area contributed by atoms with Gasteiger partial charge in [0.2, 0.25) is 5.91 Å². The van der Waals surface area contributed by atoms with Gasteiger partial charge in [-0.1, -0.05) is 13.8 Å². The van der Waals surface area contributed by atoms with Crippen LogP contribution in [0.4, 0.5) is 0 Å². The van der Waals surface area contributed by atoms with Crippen LogP contribution in [0.1, 0.15) is 19.6 Å². The number of carbonyl (C=O) groups is 1. The van der Waals surface area contributed by atoms with Gasteiger partial charge < -0.3 is 14.8 Å². The summed E-state index contributed by atoms with van der Waals surface area (Å²) >= 11 is 0. The predicted molar refractivity (Wildman–Crippen MR) is 61.6 cm³/mol. The monoisotopic (exact) mass is 223 g/mol. The first kappa shape index (κ1) is 12.5. The van der Waals surface area contributed by atoms with Crippen LogP contribution < -0.4 is 5.32 Å². The zero-order valence-corrected chi connectivity index (χ0v) is 9.51. The van der Waals surface area contributed by atoms with E-state index in [9.17, 15) is 4.79 Å². The smallest absolute Gasteiger partial charge is 0.244 e. The molecule has 1 aromatic heterocycles. The summed E-state index contributed by atoms with van der Waals surface area (Å²) in [6.45, 7) is 3.83. The second kappa shape index (κ2) is 6.12. The second-order valence-corrected chi connectivity index (χ2v) is 3.89. The van der Waals surface area contributed by atoms with Crippen LogP contribution in [-0.2, 0) is 4.79 Å². The first-order chi connectivity index (χ1) is 7.63. The number of aliphatic hydroxyl groups excluding tert-OH is 1. The SMILES string of the molecule is CC(C)[C@@H](CO)NC(=O)C=Cc1ccco1. The molecule has 4 heteroatoms. The summed E-state index contributed by atoms with van der Waals surface area (Å²) in [5, 5.41) is 11.8. The molecule has 1 aromatic rings. The number of furan rings is 1. The first-order valence-corrected chi connectivity index (χ1v) is 5.26. The Labute approximate surface area is 95.0 Å². The van der Waals surface area contributed by atoms with Crippen molar-refractivity contribution in [1.29, 1.82) is 0 Å². The zero-order chi connectivity index (χ0) is 12.0. The summed E-state index contributed by atoms with van der Waals surface area (Å²) < 4.78 is 5.05. The average molecular weight is 223 g/mol. The van der Waals surface area contributed by atoms with Crippen LogP contribution in [0.15, 0.2) is 28.9 Å². The second-order valence-electron chi connectivity index (χ2n) is 3.89. The minimum absolute atomic E-state index is 0.0575. The molecule has 0 bridgehead atoms. The summed E-state index contributed by atoms with van der Waals surface area (Å²) in [6, 6.07) is 3.30. The lowest BCUT2D eigenvalue weighted by Gasteiger charge is -2.18. The highest BCUT2D eigenvalue weighted by atomic mass is 16.3. The van der Waals surface area contributed by atoms with Crippen molar-refractivity contribution in [3.8, 4) is 0 Å². The van der Waals surface area contributed by atoms with Crippen LogP contribution in [0, 0.1) is 5.92 Å². The van der Waals surface area contributed by atoms with Crippen molar-refractivity contribution < 1.29 is 14.3 Å². The Morgan fingerprint density at radius 1 is 1.62 bits per heavy atom. The van der Waals surface area contributed by atoms with Crippen molar-refractivity contribution >= 4 is 12.0 Å². The van der Waals surface area contributed by atoms with Crippen LogP contribution in [0.3, 0.4) is 0 Å². The number of nitrogens with one attached hydrogen (secondary N) is 1. The third-order valence-corrected chi connectivity index (χ3v) is 2.27. The molecule has 0 saturated carbocycles. The Morgan fingerprint density at radius 3 is 2.88 bits per heavy atom. The van der Waals surface area contributed by atoms with Crippen molar-refractivity contribution in [3.63, 3.8) is 0 Å². The molecule has 0 unspecified atom stereocenters. The van der Waals surface area contributed by atoms with Crippen LogP contribution >= 0.6 is 0 Å². The number of rotatable bonds is 5. The fraction of sp³-hybridized carbons (Fsp3) is 0.417. The van der Waals surface area contributed by atoms with E-state index in [1.54, 1.807) is 24.5 Å². The molecule has 16 heavy (non-hydrogen) atoms. The first-order valence-electron chi connectivity index (χ1n) is 5.26. The molecule has 1 heterocycles. The molecule has 1 atom stereocenters. The van der Waals surface area contributed by atoms with Crippen molar-refractivity contribution in [2.45, 2.75) is 19.9 Å². The summed E-state index contributed by atoms with van der Waals surface area (Å²) in [5.41, 5.74) is 0. The van der Waals surface area contributed by atoms with Crippen molar-refractivity contribution in [1.82, 2.24) is 5.32 Å². The van der Waals surface area contributed by atoms with Gasteiger partial charge in [-0.3, -0.25) is 4.79 Å². The molecule has 1 rings (SSSR count). The molecular formula is C12H17NO3. The molecule has 0 aromatic carbocycles. The summed E-state index contributed by atoms with van der Waals surface area (Å²) in [7, 11) is 0. The zero-order valence-electron chi connectivity index (χ0n) is 9.51. The topological polar surface area (TPSA) is 62.5 Å². The average Bonchev–Trinajstić information content (AvgIpc) is 2.75. The number of amides is 1. The molecule has 0 aliphatic rings. The minimum atomic E-state index is -0.232. The maximum Gasteiger partial charge on any atom is 0.244 e. The van der Waals surface area contributed by atoms with E-state index in [2.05, 4.69) is 5.32 Å². The highest BCUT2D eigenvalue weighted by Crippen LogP contribution is 2.03. The molecule has 0 radical (unpaired) electrons. The van der Waals surface area contributed by atoms with E-state index < -0.39 is 0 Å². The molecule has 2 N–H and O–H groups in total. The standard InChI is InChI=1S/C12H17NO3/c1-9(2)11(8-14)13-12(15)6-5-10-4-3-7-16-10/h3-7,9,11,14H,8H2,1-2H3,(H,13,15)/t11-/m1/s1. The number of carbonyl (C=O) groups excluding carboxylic acids is 1. The molecule has 0 aliphatic carbocycles. The van der Waals surface area contributed by atoms with Gasteiger partial charge in [-0.05, 0) is 24.1 Å². The summed E-state index contributed by atoms with van der Waals surface area (Å²) in [4.78, 5) is 11.5. The van der Waals surface area contributed by atoms with E-state index in [0.29, 0.717) is 5.76 Å². The Hall–Kier alpha value is -1.55. The van der Waals surface area contributed by atoms with Crippen molar-refractivity contribution in [2.75, 3.05) is 6.61 Å². The van der Waals surface area contributed by atoms with Crippen LogP contribution in [-0.4, -0.2) is 23.7 Å². The van der Waals surface area contributed by atoms with Crippen molar-refractivity contribution in [2.24, 2.45) is 5.92 Å². The van der Waals surface area contributed by atoms with Gasteiger partial charge in [0, 0.05) is 6.08 Å². The molecule has 88 valence electrons. The van der Waals surface area contributed by atoms with Gasteiger partial charge in [0.25, 0.3) is 0 Å². The molecule has 0 saturated heterocycles. The number of aliphatic hydroxyl groups is 1. The third kappa shape index (κ3) is 3.90. The summed E-state index contributed by atoms with van der Waals surface area (Å²) in [6.07, 6.45) is 4.52. The minimum Gasteiger partial charge on any atom is -0.465 e. The van der Waals surface area contributed by atoms with Gasteiger partial charge in [-0.25, -0.2) is 0 Å². The lowest BCUT2D eigenvalue weighted by atomic mass is 10.1. The van der Waals surface area contributed by atoms with Crippen LogP contribution in [0.2, 0.25) is 0 Å². The quantitative estimate of drug-likeness (QED) is 0.742.